The second kappa shape index (κ2) is 4.85. The maximum Gasteiger partial charge on any atom is 0.246 e. The highest BCUT2D eigenvalue weighted by atomic mass is 32.2. The van der Waals surface area contributed by atoms with Crippen LogP contribution in [0.5, 0.6) is 0 Å². The molecule has 2 rings (SSSR count). The lowest BCUT2D eigenvalue weighted by Crippen LogP contribution is -2.49. The number of amides is 2. The van der Waals surface area contributed by atoms with Gasteiger partial charge in [-0.05, 0) is 32.3 Å². The standard InChI is InChI=1S/C12H19N3O4S/c1-3-10(16)15-7-9(6-8(15)2)14-11(17)12(4-5-12)20(13,18)19/h3,8-9H,1,4-7H2,2H3,(H,14,17)(H2,13,18,19). The van der Waals surface area contributed by atoms with Crippen LogP contribution in [0.2, 0.25) is 0 Å². The summed E-state index contributed by atoms with van der Waals surface area (Å²) in [6.07, 6.45) is 2.34. The maximum atomic E-state index is 12.1. The van der Waals surface area contributed by atoms with Crippen LogP contribution in [0.15, 0.2) is 12.7 Å². The molecule has 0 radical (unpaired) electrons. The quantitative estimate of drug-likeness (QED) is 0.656. The summed E-state index contributed by atoms with van der Waals surface area (Å²) in [5.41, 5.74) is 0. The lowest BCUT2D eigenvalue weighted by atomic mass is 10.2. The van der Waals surface area contributed by atoms with Crippen molar-refractivity contribution in [3.63, 3.8) is 0 Å². The number of sulfonamides is 1. The smallest absolute Gasteiger partial charge is 0.246 e. The Morgan fingerprint density at radius 2 is 2.05 bits per heavy atom. The summed E-state index contributed by atoms with van der Waals surface area (Å²) < 4.78 is 21.5. The fourth-order valence-corrected chi connectivity index (χ4v) is 3.62. The molecule has 1 saturated carbocycles. The Balaban J connectivity index is 2.01. The van der Waals surface area contributed by atoms with Crippen LogP contribution in [0, 0.1) is 0 Å². The molecular weight excluding hydrogens is 282 g/mol. The number of nitrogens with two attached hydrogens (primary N) is 1. The van der Waals surface area contributed by atoms with Gasteiger partial charge in [-0.15, -0.1) is 0 Å². The van der Waals surface area contributed by atoms with Crippen molar-refractivity contribution in [3.8, 4) is 0 Å². The van der Waals surface area contributed by atoms with E-state index < -0.39 is 20.7 Å². The minimum Gasteiger partial charge on any atom is -0.350 e. The van der Waals surface area contributed by atoms with E-state index >= 15 is 0 Å². The van der Waals surface area contributed by atoms with Gasteiger partial charge in [0.1, 0.15) is 0 Å². The van der Waals surface area contributed by atoms with Gasteiger partial charge >= 0.3 is 0 Å². The Labute approximate surface area is 118 Å². The summed E-state index contributed by atoms with van der Waals surface area (Å²) in [6, 6.07) is -0.268. The summed E-state index contributed by atoms with van der Waals surface area (Å²) in [5.74, 6) is -0.744. The average molecular weight is 301 g/mol. The predicted octanol–water partition coefficient (Wildman–Crippen LogP) is -0.901. The van der Waals surface area contributed by atoms with Gasteiger partial charge < -0.3 is 10.2 Å². The molecule has 1 heterocycles. The predicted molar refractivity (Wildman–Crippen MR) is 73.0 cm³/mol. The number of primary sulfonamides is 1. The first kappa shape index (κ1) is 15.0. The molecule has 2 fully saturated rings. The summed E-state index contributed by atoms with van der Waals surface area (Å²) in [7, 11) is -3.89. The second-order valence-electron chi connectivity index (χ2n) is 5.49. The zero-order valence-corrected chi connectivity index (χ0v) is 12.1. The first-order valence-electron chi connectivity index (χ1n) is 6.47. The van der Waals surface area contributed by atoms with E-state index in [0.717, 1.165) is 0 Å². The largest absolute Gasteiger partial charge is 0.350 e. The number of nitrogens with one attached hydrogen (secondary N) is 1. The van der Waals surface area contributed by atoms with Crippen molar-refractivity contribution < 1.29 is 18.0 Å². The maximum absolute atomic E-state index is 12.1. The van der Waals surface area contributed by atoms with Gasteiger partial charge in [0.2, 0.25) is 21.8 Å². The number of carbonyl (C=O) groups is 2. The van der Waals surface area contributed by atoms with E-state index in [-0.39, 0.29) is 30.8 Å². The molecule has 1 aliphatic heterocycles. The van der Waals surface area contributed by atoms with Crippen molar-refractivity contribution in [1.82, 2.24) is 10.2 Å². The summed E-state index contributed by atoms with van der Waals surface area (Å²) >= 11 is 0. The normalized spacial score (nSPS) is 28.0. The molecule has 20 heavy (non-hydrogen) atoms. The van der Waals surface area contributed by atoms with E-state index in [2.05, 4.69) is 11.9 Å². The molecule has 1 saturated heterocycles. The minimum absolute atomic E-state index is 0.0181. The molecule has 2 amide bonds. The molecule has 2 atom stereocenters. The molecule has 0 aromatic heterocycles. The molecule has 2 aliphatic rings. The molecule has 7 nitrogen and oxygen atoms in total. The molecule has 0 bridgehead atoms. The third-order valence-corrected chi connectivity index (χ3v) is 5.71. The summed E-state index contributed by atoms with van der Waals surface area (Å²) in [6.45, 7) is 5.67. The van der Waals surface area contributed by atoms with Gasteiger partial charge in [-0.3, -0.25) is 9.59 Å². The third kappa shape index (κ3) is 2.45. The molecule has 112 valence electrons. The fraction of sp³-hybridized carbons (Fsp3) is 0.667. The molecule has 0 spiro atoms. The van der Waals surface area contributed by atoms with Gasteiger partial charge in [0.25, 0.3) is 0 Å². The van der Waals surface area contributed by atoms with Crippen LogP contribution in [0.3, 0.4) is 0 Å². The molecule has 0 aromatic carbocycles. The summed E-state index contributed by atoms with van der Waals surface area (Å²) in [4.78, 5) is 25.3. The first-order valence-corrected chi connectivity index (χ1v) is 8.02. The van der Waals surface area contributed by atoms with Crippen molar-refractivity contribution in [2.75, 3.05) is 6.54 Å². The van der Waals surface area contributed by atoms with Crippen molar-refractivity contribution >= 4 is 21.8 Å². The van der Waals surface area contributed by atoms with Crippen molar-refractivity contribution in [1.29, 1.82) is 0 Å². The second-order valence-corrected chi connectivity index (χ2v) is 7.36. The molecule has 3 N–H and O–H groups in total. The molecule has 0 aromatic rings. The number of likely N-dealkylation sites (tertiary alicyclic amines) is 1. The van der Waals surface area contributed by atoms with Crippen molar-refractivity contribution in [2.24, 2.45) is 5.14 Å². The SMILES string of the molecule is C=CC(=O)N1CC(NC(=O)C2(S(N)(=O)=O)CC2)CC1C. The Hall–Kier alpha value is -1.41. The van der Waals surface area contributed by atoms with E-state index in [9.17, 15) is 18.0 Å². The summed E-state index contributed by atoms with van der Waals surface area (Å²) in [5, 5.41) is 7.81. The molecular formula is C12H19N3O4S. The van der Waals surface area contributed by atoms with Crippen LogP contribution in [0.4, 0.5) is 0 Å². The van der Waals surface area contributed by atoms with Crippen LogP contribution in [-0.2, 0) is 19.6 Å². The zero-order valence-electron chi connectivity index (χ0n) is 11.3. The Morgan fingerprint density at radius 3 is 2.50 bits per heavy atom. The Kier molecular flexibility index (Phi) is 3.64. The van der Waals surface area contributed by atoms with E-state index in [4.69, 9.17) is 5.14 Å². The van der Waals surface area contributed by atoms with E-state index in [0.29, 0.717) is 13.0 Å². The number of nitrogens with zero attached hydrogens (tertiary/aromatic N) is 1. The molecule has 8 heteroatoms. The van der Waals surface area contributed by atoms with Gasteiger partial charge in [0, 0.05) is 18.6 Å². The number of hydrogen-bond donors (Lipinski definition) is 2. The fourth-order valence-electron chi connectivity index (χ4n) is 2.63. The highest BCUT2D eigenvalue weighted by Crippen LogP contribution is 2.42. The monoisotopic (exact) mass is 301 g/mol. The van der Waals surface area contributed by atoms with Gasteiger partial charge in [-0.25, -0.2) is 13.6 Å². The van der Waals surface area contributed by atoms with Crippen LogP contribution < -0.4 is 10.5 Å². The third-order valence-electron chi connectivity index (χ3n) is 4.03. The van der Waals surface area contributed by atoms with Crippen molar-refractivity contribution in [2.45, 2.75) is 43.0 Å². The Bertz CT molecular complexity index is 553. The minimum atomic E-state index is -3.89. The van der Waals surface area contributed by atoms with Crippen LogP contribution in [-0.4, -0.2) is 48.5 Å². The van der Waals surface area contributed by atoms with Gasteiger partial charge in [0.15, 0.2) is 4.75 Å². The van der Waals surface area contributed by atoms with E-state index in [1.54, 1.807) is 4.90 Å². The van der Waals surface area contributed by atoms with Gasteiger partial charge in [0.05, 0.1) is 0 Å². The molecule has 1 aliphatic carbocycles. The lowest BCUT2D eigenvalue weighted by Gasteiger charge is -2.19. The van der Waals surface area contributed by atoms with Crippen LogP contribution >= 0.6 is 0 Å². The van der Waals surface area contributed by atoms with Crippen LogP contribution in [0.25, 0.3) is 0 Å². The first-order chi connectivity index (χ1) is 9.21. The Morgan fingerprint density at radius 1 is 1.45 bits per heavy atom. The van der Waals surface area contributed by atoms with E-state index in [1.165, 1.54) is 6.08 Å². The lowest BCUT2D eigenvalue weighted by molar-refractivity contribution is -0.127. The van der Waals surface area contributed by atoms with Gasteiger partial charge in [-0.1, -0.05) is 6.58 Å². The topological polar surface area (TPSA) is 110 Å². The zero-order chi connectivity index (χ0) is 15.1. The highest BCUT2D eigenvalue weighted by Gasteiger charge is 2.60. The number of rotatable bonds is 4. The highest BCUT2D eigenvalue weighted by molar-refractivity contribution is 7.91. The average Bonchev–Trinajstić information content (AvgIpc) is 3.09. The number of hydrogen-bond acceptors (Lipinski definition) is 4. The van der Waals surface area contributed by atoms with Gasteiger partial charge in [-0.2, -0.15) is 0 Å². The molecule has 2 unspecified atom stereocenters. The number of carbonyl (C=O) groups excluding carboxylic acids is 2. The van der Waals surface area contributed by atoms with Crippen LogP contribution in [0.1, 0.15) is 26.2 Å². The van der Waals surface area contributed by atoms with Crippen molar-refractivity contribution in [3.05, 3.63) is 12.7 Å². The van der Waals surface area contributed by atoms with E-state index in [1.807, 2.05) is 6.92 Å².